The summed E-state index contributed by atoms with van der Waals surface area (Å²) in [7, 11) is 1.86. The van der Waals surface area contributed by atoms with Gasteiger partial charge in [0.05, 0.1) is 0 Å². The van der Waals surface area contributed by atoms with E-state index in [0.717, 1.165) is 11.4 Å². The first-order valence-electron chi connectivity index (χ1n) is 8.11. The highest BCUT2D eigenvalue weighted by molar-refractivity contribution is 6.01. The van der Waals surface area contributed by atoms with Crippen LogP contribution in [0.5, 0.6) is 0 Å². The lowest BCUT2D eigenvalue weighted by Gasteiger charge is -2.13. The Hall–Kier alpha value is -3.17. The molecule has 0 fully saturated rings. The number of aromatic nitrogens is 5. The maximum Gasteiger partial charge on any atom is 0.434 e. The molecule has 2 heterocycles. The number of nitrogens with one attached hydrogen (secondary N) is 2. The minimum atomic E-state index is -4.61. The summed E-state index contributed by atoms with van der Waals surface area (Å²) in [6.07, 6.45) is -1.67. The van der Waals surface area contributed by atoms with Gasteiger partial charge in [0.2, 0.25) is 0 Å². The van der Waals surface area contributed by atoms with E-state index in [1.54, 1.807) is 24.5 Å². The number of alkyl halides is 3. The molecule has 2 N–H and O–H groups in total. The number of carbonyl (C=O) groups excluding carboxylic acids is 1. The van der Waals surface area contributed by atoms with E-state index in [1.165, 1.54) is 0 Å². The van der Waals surface area contributed by atoms with Crippen molar-refractivity contribution in [1.29, 1.82) is 0 Å². The van der Waals surface area contributed by atoms with Gasteiger partial charge in [-0.1, -0.05) is 19.1 Å². The molecule has 3 aromatic rings. The van der Waals surface area contributed by atoms with Crippen LogP contribution >= 0.6 is 0 Å². The third-order valence-electron chi connectivity index (χ3n) is 4.09. The lowest BCUT2D eigenvalue weighted by molar-refractivity contribution is -0.140. The molecule has 0 spiro atoms. The predicted octanol–water partition coefficient (Wildman–Crippen LogP) is 3.16. The van der Waals surface area contributed by atoms with Crippen molar-refractivity contribution in [3.05, 3.63) is 59.7 Å². The molecule has 0 saturated carbocycles. The largest absolute Gasteiger partial charge is 0.434 e. The van der Waals surface area contributed by atoms with Crippen LogP contribution in [0.1, 0.15) is 40.5 Å². The van der Waals surface area contributed by atoms with Gasteiger partial charge in [0.15, 0.2) is 11.5 Å². The molecule has 27 heavy (non-hydrogen) atoms. The molecule has 2 aromatic heterocycles. The standard InChI is InChI=1S/C17H17F3N6O/c1-10(6-14-25-22-9-26(14)2)11-4-3-5-12(7-11)23-16(27)15-21-8-13(24-15)17(18,19)20/h3-5,7-10H,6H2,1-2H3,(H,21,24)(H,23,27). The quantitative estimate of drug-likeness (QED) is 0.714. The summed E-state index contributed by atoms with van der Waals surface area (Å²) in [6.45, 7) is 2.01. The summed E-state index contributed by atoms with van der Waals surface area (Å²) in [4.78, 5) is 17.7. The molecule has 1 aromatic carbocycles. The van der Waals surface area contributed by atoms with E-state index in [-0.39, 0.29) is 5.92 Å². The zero-order valence-corrected chi connectivity index (χ0v) is 14.6. The first kappa shape index (κ1) is 18.6. The number of benzene rings is 1. The van der Waals surface area contributed by atoms with Crippen LogP contribution < -0.4 is 5.32 Å². The average Bonchev–Trinajstić information content (AvgIpc) is 3.25. The van der Waals surface area contributed by atoms with Crippen LogP contribution in [0, 0.1) is 0 Å². The van der Waals surface area contributed by atoms with Gasteiger partial charge < -0.3 is 14.9 Å². The molecule has 1 unspecified atom stereocenters. The van der Waals surface area contributed by atoms with Crippen LogP contribution in [0.15, 0.2) is 36.8 Å². The van der Waals surface area contributed by atoms with Crippen molar-refractivity contribution < 1.29 is 18.0 Å². The Labute approximate surface area is 152 Å². The molecule has 0 aliphatic rings. The van der Waals surface area contributed by atoms with Crippen molar-refractivity contribution in [2.75, 3.05) is 5.32 Å². The maximum absolute atomic E-state index is 12.6. The normalized spacial score (nSPS) is 12.8. The number of amides is 1. The van der Waals surface area contributed by atoms with E-state index in [9.17, 15) is 18.0 Å². The maximum atomic E-state index is 12.6. The van der Waals surface area contributed by atoms with Gasteiger partial charge in [-0.2, -0.15) is 13.2 Å². The third kappa shape index (κ3) is 4.33. The van der Waals surface area contributed by atoms with Crippen molar-refractivity contribution in [2.45, 2.75) is 25.4 Å². The van der Waals surface area contributed by atoms with Crippen LogP contribution in [-0.2, 0) is 19.6 Å². The minimum Gasteiger partial charge on any atom is -0.340 e. The fraction of sp³-hybridized carbons (Fsp3) is 0.294. The number of aryl methyl sites for hydroxylation is 1. The highest BCUT2D eigenvalue weighted by Gasteiger charge is 2.34. The van der Waals surface area contributed by atoms with Crippen LogP contribution in [0.3, 0.4) is 0 Å². The molecule has 10 heteroatoms. The number of nitrogens with zero attached hydrogens (tertiary/aromatic N) is 4. The van der Waals surface area contributed by atoms with Crippen LogP contribution in [0.2, 0.25) is 0 Å². The number of aromatic amines is 1. The number of halogens is 3. The molecule has 0 aliphatic heterocycles. The van der Waals surface area contributed by atoms with Gasteiger partial charge in [0, 0.05) is 25.4 Å². The number of imidazole rings is 1. The van der Waals surface area contributed by atoms with E-state index in [1.807, 2.05) is 24.6 Å². The zero-order valence-electron chi connectivity index (χ0n) is 14.6. The molecular weight excluding hydrogens is 361 g/mol. The van der Waals surface area contributed by atoms with E-state index >= 15 is 0 Å². The van der Waals surface area contributed by atoms with Crippen molar-refractivity contribution in [3.63, 3.8) is 0 Å². The molecule has 0 radical (unpaired) electrons. The van der Waals surface area contributed by atoms with Crippen molar-refractivity contribution in [3.8, 4) is 0 Å². The predicted molar refractivity (Wildman–Crippen MR) is 91.1 cm³/mol. The van der Waals surface area contributed by atoms with Crippen LogP contribution in [0.25, 0.3) is 0 Å². The number of hydrogen-bond acceptors (Lipinski definition) is 4. The smallest absolute Gasteiger partial charge is 0.340 e. The zero-order chi connectivity index (χ0) is 19.6. The molecule has 7 nitrogen and oxygen atoms in total. The Morgan fingerprint density at radius 1 is 1.37 bits per heavy atom. The third-order valence-corrected chi connectivity index (χ3v) is 4.09. The molecule has 142 valence electrons. The van der Waals surface area contributed by atoms with Crippen LogP contribution in [0.4, 0.5) is 18.9 Å². The van der Waals surface area contributed by atoms with Crippen molar-refractivity contribution in [2.24, 2.45) is 7.05 Å². The van der Waals surface area contributed by atoms with Gasteiger partial charge in [-0.3, -0.25) is 4.79 Å². The summed E-state index contributed by atoms with van der Waals surface area (Å²) in [6, 6.07) is 7.10. The van der Waals surface area contributed by atoms with Gasteiger partial charge in [-0.15, -0.1) is 10.2 Å². The second kappa shape index (κ2) is 7.22. The second-order valence-corrected chi connectivity index (χ2v) is 6.17. The Balaban J connectivity index is 1.71. The highest BCUT2D eigenvalue weighted by Crippen LogP contribution is 2.27. The monoisotopic (exact) mass is 378 g/mol. The van der Waals surface area contributed by atoms with Gasteiger partial charge in [-0.05, 0) is 23.6 Å². The van der Waals surface area contributed by atoms with Gasteiger partial charge in [-0.25, -0.2) is 4.98 Å². The minimum absolute atomic E-state index is 0.102. The first-order valence-corrected chi connectivity index (χ1v) is 8.11. The summed E-state index contributed by atoms with van der Waals surface area (Å²) in [5.41, 5.74) is 0.275. The Kier molecular flexibility index (Phi) is 4.98. The van der Waals surface area contributed by atoms with E-state index < -0.39 is 23.6 Å². The Bertz CT molecular complexity index is 946. The molecule has 1 atom stereocenters. The first-order chi connectivity index (χ1) is 12.7. The number of hydrogen-bond donors (Lipinski definition) is 2. The Morgan fingerprint density at radius 3 is 2.78 bits per heavy atom. The fourth-order valence-corrected chi connectivity index (χ4v) is 2.58. The Morgan fingerprint density at radius 2 is 2.15 bits per heavy atom. The average molecular weight is 378 g/mol. The fourth-order valence-electron chi connectivity index (χ4n) is 2.58. The van der Waals surface area contributed by atoms with E-state index in [2.05, 4.69) is 25.5 Å². The van der Waals surface area contributed by atoms with E-state index in [0.29, 0.717) is 18.3 Å². The molecule has 3 rings (SSSR count). The molecule has 0 saturated heterocycles. The molecule has 1 amide bonds. The van der Waals surface area contributed by atoms with Crippen molar-refractivity contribution >= 4 is 11.6 Å². The molecule has 0 bridgehead atoms. The second-order valence-electron chi connectivity index (χ2n) is 6.17. The molecule has 0 aliphatic carbocycles. The van der Waals surface area contributed by atoms with Gasteiger partial charge in [0.1, 0.15) is 12.2 Å². The lowest BCUT2D eigenvalue weighted by atomic mass is 9.97. The van der Waals surface area contributed by atoms with Gasteiger partial charge in [0.25, 0.3) is 5.91 Å². The number of anilines is 1. The lowest BCUT2D eigenvalue weighted by Crippen LogP contribution is -2.15. The highest BCUT2D eigenvalue weighted by atomic mass is 19.4. The summed E-state index contributed by atoms with van der Waals surface area (Å²) < 4.78 is 39.6. The summed E-state index contributed by atoms with van der Waals surface area (Å²) in [5, 5.41) is 10.5. The van der Waals surface area contributed by atoms with Crippen molar-refractivity contribution in [1.82, 2.24) is 24.7 Å². The summed E-state index contributed by atoms with van der Waals surface area (Å²) in [5.74, 6) is -0.221. The number of H-pyrrole nitrogens is 1. The summed E-state index contributed by atoms with van der Waals surface area (Å²) >= 11 is 0. The topological polar surface area (TPSA) is 88.5 Å². The van der Waals surface area contributed by atoms with E-state index in [4.69, 9.17) is 0 Å². The molecular formula is C17H17F3N6O. The number of carbonyl (C=O) groups is 1. The van der Waals surface area contributed by atoms with Gasteiger partial charge >= 0.3 is 6.18 Å². The SMILES string of the molecule is CC(Cc1nncn1C)c1cccc(NC(=O)c2nc(C(F)(F)F)c[nH]2)c1. The number of rotatable bonds is 5. The van der Waals surface area contributed by atoms with Crippen LogP contribution in [-0.4, -0.2) is 30.6 Å².